The van der Waals surface area contributed by atoms with Gasteiger partial charge >= 0.3 is 0 Å². The molecule has 0 radical (unpaired) electrons. The summed E-state index contributed by atoms with van der Waals surface area (Å²) in [7, 11) is 0. The lowest BCUT2D eigenvalue weighted by Gasteiger charge is -2.42. The van der Waals surface area contributed by atoms with Gasteiger partial charge in [-0.2, -0.15) is 0 Å². The van der Waals surface area contributed by atoms with Crippen molar-refractivity contribution in [3.63, 3.8) is 0 Å². The second kappa shape index (κ2) is 7.00. The molecule has 0 bridgehead atoms. The summed E-state index contributed by atoms with van der Waals surface area (Å²) in [6.07, 6.45) is 0.719. The Bertz CT molecular complexity index is 473. The van der Waals surface area contributed by atoms with E-state index < -0.39 is 0 Å². The van der Waals surface area contributed by atoms with E-state index in [0.717, 1.165) is 31.6 Å². The van der Waals surface area contributed by atoms with E-state index in [9.17, 15) is 9.18 Å². The molecule has 0 unspecified atom stereocenters. The molecule has 1 heterocycles. The molecule has 0 aromatic heterocycles. The number of benzene rings is 1. The number of halogens is 1. The summed E-state index contributed by atoms with van der Waals surface area (Å²) in [6.45, 7) is 8.01. The average Bonchev–Trinajstić information content (AvgIpc) is 2.43. The van der Waals surface area contributed by atoms with Gasteiger partial charge in [0.1, 0.15) is 5.82 Å². The lowest BCUT2D eigenvalue weighted by atomic mass is 10.0. The summed E-state index contributed by atoms with van der Waals surface area (Å²) in [5, 5.41) is 6.28. The molecule has 0 saturated carbocycles. The molecule has 0 aliphatic carbocycles. The van der Waals surface area contributed by atoms with Crippen molar-refractivity contribution in [2.75, 3.05) is 32.7 Å². The molecule has 1 saturated heterocycles. The number of carbonyl (C=O) groups is 1. The van der Waals surface area contributed by atoms with Crippen LogP contribution in [0.15, 0.2) is 24.3 Å². The highest BCUT2D eigenvalue weighted by atomic mass is 19.1. The zero-order valence-corrected chi connectivity index (χ0v) is 12.8. The molecule has 5 heteroatoms. The zero-order valence-electron chi connectivity index (χ0n) is 12.8. The highest BCUT2D eigenvalue weighted by molar-refractivity contribution is 5.78. The standard InChI is InChI=1S/C16H24FN3O/c1-16(2)12-18-9-10-20(16)11-15(21)19-8-7-13-3-5-14(17)6-4-13/h3-6,18H,7-12H2,1-2H3,(H,19,21). The van der Waals surface area contributed by atoms with E-state index in [2.05, 4.69) is 29.4 Å². The number of nitrogens with one attached hydrogen (secondary N) is 2. The molecular weight excluding hydrogens is 269 g/mol. The molecule has 1 amide bonds. The lowest BCUT2D eigenvalue weighted by molar-refractivity contribution is -0.123. The van der Waals surface area contributed by atoms with Crippen LogP contribution in [0.5, 0.6) is 0 Å². The van der Waals surface area contributed by atoms with E-state index in [4.69, 9.17) is 0 Å². The molecule has 1 fully saturated rings. The Labute approximate surface area is 125 Å². The van der Waals surface area contributed by atoms with Crippen molar-refractivity contribution in [2.45, 2.75) is 25.8 Å². The third kappa shape index (κ3) is 4.79. The third-order valence-electron chi connectivity index (χ3n) is 3.96. The maximum absolute atomic E-state index is 12.8. The minimum Gasteiger partial charge on any atom is -0.355 e. The molecule has 1 aromatic rings. The van der Waals surface area contributed by atoms with Gasteiger partial charge in [0.2, 0.25) is 5.91 Å². The quantitative estimate of drug-likeness (QED) is 0.856. The zero-order chi connectivity index (χ0) is 15.3. The van der Waals surface area contributed by atoms with Gasteiger partial charge in [-0.15, -0.1) is 0 Å². The maximum atomic E-state index is 12.8. The Hall–Kier alpha value is -1.46. The number of carbonyl (C=O) groups excluding carboxylic acids is 1. The van der Waals surface area contributed by atoms with Crippen LogP contribution in [0.2, 0.25) is 0 Å². The number of hydrogen-bond donors (Lipinski definition) is 2. The Morgan fingerprint density at radius 3 is 2.76 bits per heavy atom. The number of amides is 1. The summed E-state index contributed by atoms with van der Waals surface area (Å²) >= 11 is 0. The van der Waals surface area contributed by atoms with Gasteiger partial charge in [-0.05, 0) is 38.0 Å². The fourth-order valence-corrected chi connectivity index (χ4v) is 2.54. The van der Waals surface area contributed by atoms with E-state index in [-0.39, 0.29) is 17.3 Å². The second-order valence-electron chi connectivity index (χ2n) is 6.14. The first-order valence-corrected chi connectivity index (χ1v) is 7.44. The summed E-state index contributed by atoms with van der Waals surface area (Å²) in [5.74, 6) is -0.184. The van der Waals surface area contributed by atoms with Crippen LogP contribution in [0.25, 0.3) is 0 Å². The molecular formula is C16H24FN3O. The largest absolute Gasteiger partial charge is 0.355 e. The predicted octanol–water partition coefficient (Wildman–Crippen LogP) is 1.17. The van der Waals surface area contributed by atoms with Crippen molar-refractivity contribution in [2.24, 2.45) is 0 Å². The fraction of sp³-hybridized carbons (Fsp3) is 0.562. The molecule has 116 valence electrons. The Morgan fingerprint density at radius 1 is 1.38 bits per heavy atom. The van der Waals surface area contributed by atoms with E-state index in [1.165, 1.54) is 12.1 Å². The van der Waals surface area contributed by atoms with Crippen molar-refractivity contribution in [3.8, 4) is 0 Å². The molecule has 1 aliphatic heterocycles. The summed E-state index contributed by atoms with van der Waals surface area (Å²) in [6, 6.07) is 6.39. The predicted molar refractivity (Wildman–Crippen MR) is 81.6 cm³/mol. The van der Waals surface area contributed by atoms with Crippen LogP contribution < -0.4 is 10.6 Å². The Kier molecular flexibility index (Phi) is 5.31. The van der Waals surface area contributed by atoms with Crippen molar-refractivity contribution < 1.29 is 9.18 Å². The van der Waals surface area contributed by atoms with Gasteiger partial charge in [0, 0.05) is 31.7 Å². The highest BCUT2D eigenvalue weighted by Crippen LogP contribution is 2.15. The van der Waals surface area contributed by atoms with Crippen LogP contribution in [-0.4, -0.2) is 49.1 Å². The van der Waals surface area contributed by atoms with Crippen molar-refractivity contribution in [1.29, 1.82) is 0 Å². The summed E-state index contributed by atoms with van der Waals surface area (Å²) in [4.78, 5) is 14.2. The maximum Gasteiger partial charge on any atom is 0.234 e. The minimum atomic E-state index is -0.233. The van der Waals surface area contributed by atoms with Crippen LogP contribution in [0.1, 0.15) is 19.4 Å². The van der Waals surface area contributed by atoms with Gasteiger partial charge in [-0.3, -0.25) is 9.69 Å². The molecule has 1 aliphatic rings. The third-order valence-corrected chi connectivity index (χ3v) is 3.96. The number of piperazine rings is 1. The van der Waals surface area contributed by atoms with Crippen LogP contribution in [0.3, 0.4) is 0 Å². The molecule has 4 nitrogen and oxygen atoms in total. The molecule has 1 aromatic carbocycles. The van der Waals surface area contributed by atoms with Crippen LogP contribution in [0.4, 0.5) is 4.39 Å². The smallest absolute Gasteiger partial charge is 0.234 e. The number of hydrogen-bond acceptors (Lipinski definition) is 3. The van der Waals surface area contributed by atoms with Crippen LogP contribution in [-0.2, 0) is 11.2 Å². The minimum absolute atomic E-state index is 0.00649. The van der Waals surface area contributed by atoms with Gasteiger partial charge in [-0.1, -0.05) is 12.1 Å². The number of rotatable bonds is 5. The fourth-order valence-electron chi connectivity index (χ4n) is 2.54. The van der Waals surface area contributed by atoms with Crippen LogP contribution in [0, 0.1) is 5.82 Å². The number of nitrogens with zero attached hydrogens (tertiary/aromatic N) is 1. The lowest BCUT2D eigenvalue weighted by Crippen LogP contribution is -2.59. The van der Waals surface area contributed by atoms with Gasteiger partial charge in [-0.25, -0.2) is 4.39 Å². The first kappa shape index (κ1) is 15.9. The Morgan fingerprint density at radius 2 is 2.10 bits per heavy atom. The SMILES string of the molecule is CC1(C)CNCCN1CC(=O)NCCc1ccc(F)cc1. The van der Waals surface area contributed by atoms with Gasteiger partial charge in [0.15, 0.2) is 0 Å². The first-order chi connectivity index (χ1) is 9.97. The first-order valence-electron chi connectivity index (χ1n) is 7.44. The topological polar surface area (TPSA) is 44.4 Å². The molecule has 2 N–H and O–H groups in total. The van der Waals surface area contributed by atoms with Gasteiger partial charge in [0.05, 0.1) is 6.54 Å². The monoisotopic (exact) mass is 293 g/mol. The van der Waals surface area contributed by atoms with Crippen molar-refractivity contribution in [3.05, 3.63) is 35.6 Å². The molecule has 0 atom stereocenters. The van der Waals surface area contributed by atoms with Gasteiger partial charge < -0.3 is 10.6 Å². The second-order valence-corrected chi connectivity index (χ2v) is 6.14. The highest BCUT2D eigenvalue weighted by Gasteiger charge is 2.30. The summed E-state index contributed by atoms with van der Waals surface area (Å²) in [5.41, 5.74) is 1.03. The van der Waals surface area contributed by atoms with E-state index in [0.29, 0.717) is 13.1 Å². The van der Waals surface area contributed by atoms with E-state index in [1.807, 2.05) is 0 Å². The molecule has 21 heavy (non-hydrogen) atoms. The normalized spacial score (nSPS) is 18.4. The van der Waals surface area contributed by atoms with Crippen LogP contribution >= 0.6 is 0 Å². The van der Waals surface area contributed by atoms with E-state index in [1.54, 1.807) is 12.1 Å². The molecule has 2 rings (SSSR count). The van der Waals surface area contributed by atoms with Gasteiger partial charge in [0.25, 0.3) is 0 Å². The van der Waals surface area contributed by atoms with E-state index >= 15 is 0 Å². The van der Waals surface area contributed by atoms with Crippen molar-refractivity contribution >= 4 is 5.91 Å². The average molecular weight is 293 g/mol. The van der Waals surface area contributed by atoms with Crippen molar-refractivity contribution in [1.82, 2.24) is 15.5 Å². The summed E-state index contributed by atoms with van der Waals surface area (Å²) < 4.78 is 12.8. The Balaban J connectivity index is 1.73. The molecule has 0 spiro atoms.